The Morgan fingerprint density at radius 1 is 0.721 bits per heavy atom. The molecule has 1 fully saturated rings. The van der Waals surface area contributed by atoms with Gasteiger partial charge >= 0.3 is 18.3 Å². The van der Waals surface area contributed by atoms with E-state index in [1.54, 1.807) is 48.0 Å². The highest BCUT2D eigenvalue weighted by Crippen LogP contribution is 2.35. The van der Waals surface area contributed by atoms with Crippen molar-refractivity contribution in [3.63, 3.8) is 0 Å². The Morgan fingerprint density at radius 3 is 1.54 bits per heavy atom. The number of hydrogen-bond acceptors (Lipinski definition) is 6. The fraction of sp³-hybridized carbons (Fsp3) is 0.304. The van der Waals surface area contributed by atoms with Crippen LogP contribution in [0.5, 0.6) is 0 Å². The van der Waals surface area contributed by atoms with E-state index >= 15 is 0 Å². The summed E-state index contributed by atoms with van der Waals surface area (Å²) in [5, 5.41) is 14.9. The van der Waals surface area contributed by atoms with Crippen LogP contribution >= 0.6 is 0 Å². The van der Waals surface area contributed by atoms with Gasteiger partial charge in [0, 0.05) is 48.6 Å². The maximum absolute atomic E-state index is 12.6. The van der Waals surface area contributed by atoms with Crippen molar-refractivity contribution in [3.8, 4) is 22.5 Å². The highest BCUT2D eigenvalue weighted by molar-refractivity contribution is 5.98. The molecular formula is C46H46F6N6O3. The van der Waals surface area contributed by atoms with Crippen LogP contribution in [0, 0.1) is 19.8 Å². The van der Waals surface area contributed by atoms with E-state index in [1.165, 1.54) is 6.07 Å². The van der Waals surface area contributed by atoms with Crippen LogP contribution < -0.4 is 10.6 Å². The summed E-state index contributed by atoms with van der Waals surface area (Å²) in [7, 11) is 0. The van der Waals surface area contributed by atoms with E-state index in [4.69, 9.17) is 0 Å². The Bertz CT molecular complexity index is 2620. The number of anilines is 2. The molecule has 3 N–H and O–H groups in total. The monoisotopic (exact) mass is 844 g/mol. The van der Waals surface area contributed by atoms with Gasteiger partial charge in [0.15, 0.2) is 17.1 Å². The third-order valence-corrected chi connectivity index (χ3v) is 10.2. The second kappa shape index (κ2) is 18.5. The Hall–Kier alpha value is -6.38. The number of pyridine rings is 2. The maximum Gasteiger partial charge on any atom is 0.390 e. The lowest BCUT2D eigenvalue weighted by atomic mass is 9.98. The molecule has 15 heteroatoms. The number of carbonyl (C=O) groups is 2. The minimum Gasteiger partial charge on any atom is -0.478 e. The Kier molecular flexibility index (Phi) is 13.4. The number of aromatic carboxylic acids is 1. The molecule has 1 aliphatic rings. The van der Waals surface area contributed by atoms with Crippen molar-refractivity contribution >= 4 is 46.6 Å². The number of benzene rings is 2. The molecule has 0 radical (unpaired) electrons. The average Bonchev–Trinajstić information content (AvgIpc) is 3.72. The maximum atomic E-state index is 12.6. The molecule has 0 aliphatic heterocycles. The Balaban J connectivity index is 0.000000205. The van der Waals surface area contributed by atoms with Gasteiger partial charge in [0.1, 0.15) is 0 Å². The van der Waals surface area contributed by atoms with Crippen molar-refractivity contribution in [1.29, 1.82) is 0 Å². The number of allylic oxidation sites excluding steroid dienone is 2. The molecule has 0 saturated heterocycles. The number of rotatable bonds is 14. The molecule has 6 aromatic rings. The summed E-state index contributed by atoms with van der Waals surface area (Å²) >= 11 is 0. The van der Waals surface area contributed by atoms with Gasteiger partial charge in [-0.2, -0.15) is 26.3 Å². The van der Waals surface area contributed by atoms with Crippen molar-refractivity contribution < 1.29 is 41.0 Å². The third-order valence-electron chi connectivity index (χ3n) is 10.2. The molecule has 0 bridgehead atoms. The summed E-state index contributed by atoms with van der Waals surface area (Å²) in [5.41, 5.74) is 9.42. The number of Topliss-reactive ketones (excluding diaryl/α,β-unsaturated/α-hetero) is 1. The van der Waals surface area contributed by atoms with Gasteiger partial charge in [-0.15, -0.1) is 0 Å². The van der Waals surface area contributed by atoms with Crippen LogP contribution in [0.1, 0.15) is 88.9 Å². The number of hydrogen-bond donors (Lipinski definition) is 3. The van der Waals surface area contributed by atoms with Crippen molar-refractivity contribution in [2.24, 2.45) is 5.92 Å². The number of alkyl halides is 6. The van der Waals surface area contributed by atoms with Crippen LogP contribution in [0.15, 0.2) is 85.5 Å². The number of aromatic nitrogens is 4. The van der Waals surface area contributed by atoms with E-state index < -0.39 is 31.2 Å². The van der Waals surface area contributed by atoms with Crippen molar-refractivity contribution in [2.45, 2.75) is 72.2 Å². The van der Waals surface area contributed by atoms with Crippen LogP contribution in [-0.4, -0.2) is 61.1 Å². The molecular weight excluding hydrogens is 799 g/mol. The van der Waals surface area contributed by atoms with Gasteiger partial charge < -0.3 is 15.7 Å². The summed E-state index contributed by atoms with van der Waals surface area (Å²) in [4.78, 5) is 32.6. The van der Waals surface area contributed by atoms with Crippen molar-refractivity contribution in [1.82, 2.24) is 18.8 Å². The molecule has 7 rings (SSSR count). The molecule has 4 aromatic heterocycles. The van der Waals surface area contributed by atoms with Gasteiger partial charge in [-0.05, 0) is 99.0 Å². The molecule has 9 nitrogen and oxygen atoms in total. The summed E-state index contributed by atoms with van der Waals surface area (Å²) in [6.45, 7) is 6.90. The van der Waals surface area contributed by atoms with Gasteiger partial charge in [0.2, 0.25) is 0 Å². The molecule has 2 aromatic carbocycles. The first-order valence-electron chi connectivity index (χ1n) is 19.8. The fourth-order valence-corrected chi connectivity index (χ4v) is 7.04. The van der Waals surface area contributed by atoms with E-state index in [9.17, 15) is 41.0 Å². The van der Waals surface area contributed by atoms with E-state index in [1.807, 2.05) is 80.1 Å². The highest BCUT2D eigenvalue weighted by Gasteiger charge is 2.28. The van der Waals surface area contributed by atoms with Gasteiger partial charge in [-0.3, -0.25) is 13.6 Å². The Morgan fingerprint density at radius 2 is 1.16 bits per heavy atom. The molecule has 1 aliphatic carbocycles. The predicted molar refractivity (Wildman–Crippen MR) is 227 cm³/mol. The zero-order chi connectivity index (χ0) is 44.1. The molecule has 61 heavy (non-hydrogen) atoms. The van der Waals surface area contributed by atoms with Gasteiger partial charge in [-0.25, -0.2) is 14.8 Å². The lowest BCUT2D eigenvalue weighted by molar-refractivity contribution is -0.132. The largest absolute Gasteiger partial charge is 0.478 e. The predicted octanol–water partition coefficient (Wildman–Crippen LogP) is 12.1. The van der Waals surface area contributed by atoms with E-state index in [0.29, 0.717) is 46.3 Å². The van der Waals surface area contributed by atoms with Gasteiger partial charge in [0.25, 0.3) is 0 Å². The van der Waals surface area contributed by atoms with E-state index in [-0.39, 0.29) is 24.4 Å². The zero-order valence-electron chi connectivity index (χ0n) is 34.1. The normalized spacial score (nSPS) is 13.3. The molecule has 4 heterocycles. The number of ketones is 1. The molecule has 0 spiro atoms. The van der Waals surface area contributed by atoms with Gasteiger partial charge in [-0.1, -0.05) is 42.5 Å². The lowest BCUT2D eigenvalue weighted by Crippen LogP contribution is -2.15. The van der Waals surface area contributed by atoms with Crippen LogP contribution in [0.4, 0.5) is 37.7 Å². The number of nitrogens with one attached hydrogen (secondary N) is 2. The fourth-order valence-electron chi connectivity index (χ4n) is 7.04. The van der Waals surface area contributed by atoms with Crippen molar-refractivity contribution in [3.05, 3.63) is 119 Å². The van der Waals surface area contributed by atoms with Crippen LogP contribution in [0.25, 0.3) is 46.0 Å². The quantitative estimate of drug-likeness (QED) is 0.0739. The van der Waals surface area contributed by atoms with Crippen LogP contribution in [0.2, 0.25) is 0 Å². The molecule has 0 amide bonds. The number of fused-ring (bicyclic) bond motifs is 2. The average molecular weight is 845 g/mol. The number of carboxylic acid groups (broad SMARTS) is 1. The number of aryl methyl sites for hydroxylation is 2. The first kappa shape index (κ1) is 44.2. The zero-order valence-corrected chi connectivity index (χ0v) is 34.1. The Labute approximate surface area is 348 Å². The second-order valence-electron chi connectivity index (χ2n) is 15.1. The molecule has 0 atom stereocenters. The van der Waals surface area contributed by atoms with Crippen molar-refractivity contribution in [2.75, 3.05) is 23.7 Å². The number of carbonyl (C=O) groups excluding carboxylic acids is 1. The van der Waals surface area contributed by atoms with Crippen LogP contribution in [0.3, 0.4) is 0 Å². The lowest BCUT2D eigenvalue weighted by Gasteiger charge is -2.12. The third kappa shape index (κ3) is 11.3. The minimum atomic E-state index is -4.24. The topological polar surface area (TPSA) is 113 Å². The molecule has 320 valence electrons. The van der Waals surface area contributed by atoms with Gasteiger partial charge in [0.05, 0.1) is 53.6 Å². The standard InChI is InChI=1S/C25H26F3N3O.C21H20F3N3O2/c1-3-4-18-12-21(29-10-9-25(26,27)28)24-30-14-22(31(24)15-18)19-7-8-20(16(2)11-19)23(32)13-17-5-6-17;1-3-4-14-10-17(25-8-7-21(22,23)24)19-26-11-18(27(19)12-14)15-5-6-16(20(28)29)13(2)9-15/h3-4,7-8,11-12,14-15,17,29H,5-6,9-10,13H2,1-2H3;3-6,9-12,25H,7-8H2,1-2H3,(H,28,29)/b2*4-3+. The first-order chi connectivity index (χ1) is 28.9. The number of carboxylic acids is 1. The minimum absolute atomic E-state index is 0.182. The highest BCUT2D eigenvalue weighted by atomic mass is 19.4. The molecule has 1 saturated carbocycles. The van der Waals surface area contributed by atoms with E-state index in [2.05, 4.69) is 20.6 Å². The number of imidazole rings is 2. The summed E-state index contributed by atoms with van der Waals surface area (Å²) in [5.74, 6) is -0.284. The summed E-state index contributed by atoms with van der Waals surface area (Å²) in [6.07, 6.45) is 7.09. The first-order valence-corrected chi connectivity index (χ1v) is 19.8. The smallest absolute Gasteiger partial charge is 0.390 e. The number of nitrogens with zero attached hydrogens (tertiary/aromatic N) is 4. The summed E-state index contributed by atoms with van der Waals surface area (Å²) in [6, 6.07) is 14.3. The van der Waals surface area contributed by atoms with Crippen LogP contribution in [-0.2, 0) is 0 Å². The molecule has 0 unspecified atom stereocenters. The second-order valence-corrected chi connectivity index (χ2v) is 15.1. The van der Waals surface area contributed by atoms with E-state index in [0.717, 1.165) is 51.9 Å². The SMILES string of the molecule is C/C=C/c1cc(NCCC(F)(F)F)c2ncc(-c3ccc(C(=O)CC4CC4)c(C)c3)n2c1.C/C=C/c1cc(NCCC(F)(F)F)c2ncc(-c3ccc(C(=O)O)c(C)c3)n2c1. The number of halogens is 6. The summed E-state index contributed by atoms with van der Waals surface area (Å²) < 4.78 is 79.0.